The molecule has 0 spiro atoms. The molecular weight excluding hydrogens is 450 g/mol. The van der Waals surface area contributed by atoms with Crippen LogP contribution in [0.5, 0.6) is 11.5 Å². The smallest absolute Gasteiger partial charge is 0.230 e. The zero-order valence-electron chi connectivity index (χ0n) is 19.3. The van der Waals surface area contributed by atoms with E-state index in [0.717, 1.165) is 23.8 Å². The molecule has 8 nitrogen and oxygen atoms in total. The van der Waals surface area contributed by atoms with Crippen LogP contribution >= 0.6 is 11.8 Å². The number of rotatable bonds is 7. The Bertz CT molecular complexity index is 1320. The highest BCUT2D eigenvalue weighted by atomic mass is 32.2. The van der Waals surface area contributed by atoms with Crippen LogP contribution in [0.3, 0.4) is 0 Å². The third kappa shape index (κ3) is 4.52. The van der Waals surface area contributed by atoms with Crippen molar-refractivity contribution in [3.63, 3.8) is 0 Å². The Kier molecular flexibility index (Phi) is 6.53. The van der Waals surface area contributed by atoms with Crippen molar-refractivity contribution >= 4 is 34.2 Å². The van der Waals surface area contributed by atoms with Gasteiger partial charge in [-0.3, -0.25) is 4.79 Å². The number of hydrogen-bond acceptors (Lipinski definition) is 7. The normalized spacial score (nSPS) is 14.4. The molecule has 1 aliphatic carbocycles. The number of carbonyl (C=O) groups is 1. The molecule has 1 amide bonds. The van der Waals surface area contributed by atoms with Crippen molar-refractivity contribution in [3.8, 4) is 22.9 Å². The number of hydrogen-bond donors (Lipinski definition) is 1. The largest absolute Gasteiger partial charge is 0.493 e. The van der Waals surface area contributed by atoms with Gasteiger partial charge in [-0.05, 0) is 18.9 Å². The molecule has 34 heavy (non-hydrogen) atoms. The van der Waals surface area contributed by atoms with Gasteiger partial charge >= 0.3 is 0 Å². The fraction of sp³-hybridized carbons (Fsp3) is 0.360. The van der Waals surface area contributed by atoms with Crippen LogP contribution in [-0.4, -0.2) is 51.5 Å². The summed E-state index contributed by atoms with van der Waals surface area (Å²) in [6.45, 7) is 0. The highest BCUT2D eigenvalue weighted by Crippen LogP contribution is 2.35. The van der Waals surface area contributed by atoms with Gasteiger partial charge in [-0.15, -0.1) is 5.10 Å². The Morgan fingerprint density at radius 3 is 2.53 bits per heavy atom. The van der Waals surface area contributed by atoms with E-state index in [0.29, 0.717) is 33.6 Å². The molecule has 5 rings (SSSR count). The highest BCUT2D eigenvalue weighted by Gasteiger charge is 2.20. The Hall–Kier alpha value is -3.33. The lowest BCUT2D eigenvalue weighted by Crippen LogP contribution is -2.37. The van der Waals surface area contributed by atoms with E-state index in [4.69, 9.17) is 24.5 Å². The summed E-state index contributed by atoms with van der Waals surface area (Å²) in [4.78, 5) is 22.3. The first kappa shape index (κ1) is 22.5. The van der Waals surface area contributed by atoms with Crippen LogP contribution in [0.25, 0.3) is 27.9 Å². The number of carbonyl (C=O) groups excluding carboxylic acids is 1. The fourth-order valence-electron chi connectivity index (χ4n) is 4.36. The van der Waals surface area contributed by atoms with Gasteiger partial charge in [0.05, 0.1) is 25.5 Å². The van der Waals surface area contributed by atoms with Gasteiger partial charge in [-0.2, -0.15) is 4.52 Å². The van der Waals surface area contributed by atoms with Crippen LogP contribution in [0.4, 0.5) is 0 Å². The summed E-state index contributed by atoms with van der Waals surface area (Å²) < 4.78 is 12.7. The molecule has 2 heterocycles. The van der Waals surface area contributed by atoms with Crippen molar-refractivity contribution in [1.29, 1.82) is 0 Å². The maximum absolute atomic E-state index is 12.7. The van der Waals surface area contributed by atoms with E-state index >= 15 is 0 Å². The van der Waals surface area contributed by atoms with E-state index in [2.05, 4.69) is 5.32 Å². The minimum Gasteiger partial charge on any atom is -0.493 e. The van der Waals surface area contributed by atoms with Gasteiger partial charge in [0, 0.05) is 23.1 Å². The number of aromatic nitrogens is 4. The lowest BCUT2D eigenvalue weighted by Gasteiger charge is -2.22. The zero-order chi connectivity index (χ0) is 23.5. The number of methoxy groups -OCH3 is 2. The Balaban J connectivity index is 1.53. The lowest BCUT2D eigenvalue weighted by molar-refractivity contribution is -0.119. The molecule has 0 unspecified atom stereocenters. The summed E-state index contributed by atoms with van der Waals surface area (Å²) in [6, 6.07) is 13.8. The number of thioether (sulfide) groups is 1. The highest BCUT2D eigenvalue weighted by molar-refractivity contribution is 7.99. The molecule has 1 N–H and O–H groups in total. The number of nitrogens with one attached hydrogen (secondary N) is 1. The van der Waals surface area contributed by atoms with E-state index in [1.807, 2.05) is 42.5 Å². The molecule has 0 aliphatic heterocycles. The van der Waals surface area contributed by atoms with Crippen molar-refractivity contribution in [2.75, 3.05) is 20.0 Å². The summed E-state index contributed by atoms with van der Waals surface area (Å²) in [7, 11) is 3.20. The molecule has 1 saturated carbocycles. The molecule has 0 atom stereocenters. The van der Waals surface area contributed by atoms with E-state index in [1.54, 1.807) is 18.7 Å². The van der Waals surface area contributed by atoms with Crippen molar-refractivity contribution in [2.24, 2.45) is 0 Å². The van der Waals surface area contributed by atoms with Gasteiger partial charge in [-0.1, -0.05) is 61.4 Å². The van der Waals surface area contributed by atoms with Crippen molar-refractivity contribution < 1.29 is 14.3 Å². The maximum atomic E-state index is 12.7. The molecule has 2 aromatic carbocycles. The van der Waals surface area contributed by atoms with Gasteiger partial charge < -0.3 is 14.8 Å². The van der Waals surface area contributed by atoms with Crippen LogP contribution in [0.1, 0.15) is 32.1 Å². The van der Waals surface area contributed by atoms with Gasteiger partial charge in [-0.25, -0.2) is 9.97 Å². The average molecular weight is 478 g/mol. The van der Waals surface area contributed by atoms with Crippen LogP contribution in [-0.2, 0) is 4.79 Å². The summed E-state index contributed by atoms with van der Waals surface area (Å²) in [5.74, 6) is 2.05. The molecule has 4 aromatic rings. The van der Waals surface area contributed by atoms with Gasteiger partial charge in [0.2, 0.25) is 5.91 Å². The molecule has 0 saturated heterocycles. The summed E-state index contributed by atoms with van der Waals surface area (Å²) in [5, 5.41) is 9.31. The summed E-state index contributed by atoms with van der Waals surface area (Å²) in [6.07, 6.45) is 5.72. The van der Waals surface area contributed by atoms with E-state index in [9.17, 15) is 4.79 Å². The summed E-state index contributed by atoms with van der Waals surface area (Å²) >= 11 is 1.36. The molecule has 2 aromatic heterocycles. The van der Waals surface area contributed by atoms with Crippen LogP contribution in [0.15, 0.2) is 47.6 Å². The summed E-state index contributed by atoms with van der Waals surface area (Å²) in [5.41, 5.74) is 2.26. The number of ether oxygens (including phenoxy) is 2. The Labute approximate surface area is 202 Å². The predicted molar refractivity (Wildman–Crippen MR) is 133 cm³/mol. The van der Waals surface area contributed by atoms with Crippen LogP contribution < -0.4 is 14.8 Å². The Morgan fingerprint density at radius 1 is 1.06 bits per heavy atom. The van der Waals surface area contributed by atoms with Crippen molar-refractivity contribution in [2.45, 2.75) is 43.3 Å². The number of amides is 1. The molecule has 1 fully saturated rings. The van der Waals surface area contributed by atoms with Gasteiger partial charge in [0.15, 0.2) is 28.1 Å². The van der Waals surface area contributed by atoms with Crippen LogP contribution in [0.2, 0.25) is 0 Å². The van der Waals surface area contributed by atoms with E-state index < -0.39 is 0 Å². The first-order valence-corrected chi connectivity index (χ1v) is 12.4. The number of fused-ring (bicyclic) bond motifs is 3. The van der Waals surface area contributed by atoms with Crippen molar-refractivity contribution in [1.82, 2.24) is 24.9 Å². The second-order valence-corrected chi connectivity index (χ2v) is 9.29. The number of nitrogens with zero attached hydrogens (tertiary/aromatic N) is 4. The van der Waals surface area contributed by atoms with E-state index in [1.165, 1.54) is 31.0 Å². The van der Waals surface area contributed by atoms with Gasteiger partial charge in [0.1, 0.15) is 0 Å². The molecule has 0 bridgehead atoms. The molecule has 0 radical (unpaired) electrons. The molecular formula is C25H27N5O3S. The monoisotopic (exact) mass is 477 g/mol. The standard InChI is InChI=1S/C25H27N5O3S/c1-32-20-13-18-19(14-21(20)33-2)27-25(34-15-22(31)26-17-11-7-4-8-12-17)30-24(18)28-23(29-30)16-9-5-3-6-10-16/h3,5-6,9-10,13-14,17H,4,7-8,11-12,15H2,1-2H3,(H,26,31). The second kappa shape index (κ2) is 9.89. The molecule has 1 aliphatic rings. The maximum Gasteiger partial charge on any atom is 0.230 e. The Morgan fingerprint density at radius 2 is 1.79 bits per heavy atom. The zero-order valence-corrected chi connectivity index (χ0v) is 20.1. The molecule has 9 heteroatoms. The third-order valence-electron chi connectivity index (χ3n) is 6.08. The second-order valence-electron chi connectivity index (χ2n) is 8.35. The van der Waals surface area contributed by atoms with Gasteiger partial charge in [0.25, 0.3) is 0 Å². The quantitative estimate of drug-likeness (QED) is 0.309. The fourth-order valence-corrected chi connectivity index (χ4v) is 5.12. The topological polar surface area (TPSA) is 90.6 Å². The SMILES string of the molecule is COc1cc2nc(SCC(=O)NC3CCCCC3)n3nc(-c4ccccc4)nc3c2cc1OC. The first-order chi connectivity index (χ1) is 16.7. The number of benzene rings is 2. The first-order valence-electron chi connectivity index (χ1n) is 11.5. The van der Waals surface area contributed by atoms with E-state index in [-0.39, 0.29) is 17.7 Å². The molecule has 176 valence electrons. The van der Waals surface area contributed by atoms with Crippen molar-refractivity contribution in [3.05, 3.63) is 42.5 Å². The lowest BCUT2D eigenvalue weighted by atomic mass is 9.95. The minimum absolute atomic E-state index is 0.0163. The predicted octanol–water partition coefficient (Wildman–Crippen LogP) is 4.50. The van der Waals surface area contributed by atoms with Crippen LogP contribution in [0, 0.1) is 0 Å². The minimum atomic E-state index is 0.0163. The average Bonchev–Trinajstić information content (AvgIpc) is 3.33. The third-order valence-corrected chi connectivity index (χ3v) is 7.01.